The van der Waals surface area contributed by atoms with Crippen molar-refractivity contribution in [2.45, 2.75) is 19.9 Å². The first-order chi connectivity index (χ1) is 13.1. The van der Waals surface area contributed by atoms with E-state index in [0.29, 0.717) is 6.54 Å². The van der Waals surface area contributed by atoms with Crippen LogP contribution in [0.1, 0.15) is 12.1 Å². The Bertz CT molecular complexity index is 1150. The number of thiazole rings is 1. The lowest BCUT2D eigenvalue weighted by Gasteiger charge is -2.09. The van der Waals surface area contributed by atoms with Crippen molar-refractivity contribution in [2.24, 2.45) is 0 Å². The number of carbonyl (C=O) groups is 1. The number of hydrogen-bond acceptors (Lipinski definition) is 4. The lowest BCUT2D eigenvalue weighted by molar-refractivity contribution is -0.116. The van der Waals surface area contributed by atoms with Gasteiger partial charge in [-0.1, -0.05) is 23.5 Å². The summed E-state index contributed by atoms with van der Waals surface area (Å²) in [5, 5.41) is 4.68. The number of nitrogens with one attached hydrogen (secondary N) is 1. The zero-order valence-electron chi connectivity index (χ0n) is 14.8. The Kier molecular flexibility index (Phi) is 4.60. The Balaban J connectivity index is 1.43. The molecule has 4 rings (SSSR count). The second-order valence-corrected chi connectivity index (χ2v) is 7.06. The summed E-state index contributed by atoms with van der Waals surface area (Å²) >= 11 is 1.16. The molecule has 27 heavy (non-hydrogen) atoms. The average Bonchev–Trinajstić information content (AvgIpc) is 3.24. The highest BCUT2D eigenvalue weighted by Gasteiger charge is 2.08. The van der Waals surface area contributed by atoms with E-state index in [2.05, 4.69) is 10.3 Å². The van der Waals surface area contributed by atoms with Crippen LogP contribution in [0, 0.1) is 6.92 Å². The Hall–Kier alpha value is -3.19. The molecule has 0 bridgehead atoms. The van der Waals surface area contributed by atoms with Gasteiger partial charge in [-0.25, -0.2) is 4.98 Å². The molecule has 7 heteroatoms. The van der Waals surface area contributed by atoms with Crippen molar-refractivity contribution < 1.29 is 4.79 Å². The Morgan fingerprint density at radius 3 is 2.67 bits per heavy atom. The first kappa shape index (κ1) is 17.2. The van der Waals surface area contributed by atoms with Crippen LogP contribution in [-0.4, -0.2) is 20.0 Å². The molecule has 0 saturated heterocycles. The van der Waals surface area contributed by atoms with E-state index < -0.39 is 0 Å². The van der Waals surface area contributed by atoms with Crippen LogP contribution in [0.4, 0.5) is 5.69 Å². The number of anilines is 1. The predicted molar refractivity (Wildman–Crippen MR) is 108 cm³/mol. The van der Waals surface area contributed by atoms with Gasteiger partial charge < -0.3 is 9.88 Å². The SMILES string of the molecule is Cc1csc(=O)n1CCC(=O)Nc1ccc(-n2cnc3ccccc32)cc1. The second kappa shape index (κ2) is 7.20. The van der Waals surface area contributed by atoms with E-state index in [1.165, 1.54) is 0 Å². The molecule has 6 nitrogen and oxygen atoms in total. The minimum Gasteiger partial charge on any atom is -0.326 e. The number of carbonyl (C=O) groups excluding carboxylic acids is 1. The van der Waals surface area contributed by atoms with Crippen molar-refractivity contribution in [3.05, 3.63) is 75.6 Å². The summed E-state index contributed by atoms with van der Waals surface area (Å²) in [5.41, 5.74) is 4.55. The molecule has 2 aromatic carbocycles. The Morgan fingerprint density at radius 1 is 1.15 bits per heavy atom. The summed E-state index contributed by atoms with van der Waals surface area (Å²) in [7, 11) is 0. The number of amides is 1. The molecule has 1 N–H and O–H groups in total. The topological polar surface area (TPSA) is 68.9 Å². The second-order valence-electron chi connectivity index (χ2n) is 6.24. The Labute approximate surface area is 159 Å². The van der Waals surface area contributed by atoms with Crippen LogP contribution >= 0.6 is 11.3 Å². The molecular formula is C20H18N4O2S. The van der Waals surface area contributed by atoms with Crippen LogP contribution in [0.15, 0.2) is 65.0 Å². The highest BCUT2D eigenvalue weighted by molar-refractivity contribution is 7.07. The zero-order chi connectivity index (χ0) is 18.8. The fraction of sp³-hybridized carbons (Fsp3) is 0.150. The molecular weight excluding hydrogens is 360 g/mol. The zero-order valence-corrected chi connectivity index (χ0v) is 15.6. The van der Waals surface area contributed by atoms with Crippen LogP contribution < -0.4 is 10.2 Å². The molecule has 2 heterocycles. The van der Waals surface area contributed by atoms with Crippen LogP contribution in [0.25, 0.3) is 16.7 Å². The molecule has 1 amide bonds. The third kappa shape index (κ3) is 3.54. The van der Waals surface area contributed by atoms with Gasteiger partial charge in [-0.3, -0.25) is 14.2 Å². The van der Waals surface area contributed by atoms with Crippen molar-refractivity contribution in [2.75, 3.05) is 5.32 Å². The summed E-state index contributed by atoms with van der Waals surface area (Å²) < 4.78 is 3.63. The number of rotatable bonds is 5. The summed E-state index contributed by atoms with van der Waals surface area (Å²) in [6, 6.07) is 15.6. The molecule has 0 atom stereocenters. The fourth-order valence-corrected chi connectivity index (χ4v) is 3.74. The monoisotopic (exact) mass is 378 g/mol. The lowest BCUT2D eigenvalue weighted by Crippen LogP contribution is -2.20. The minimum absolute atomic E-state index is 0.0304. The van der Waals surface area contributed by atoms with E-state index in [1.54, 1.807) is 16.3 Å². The Morgan fingerprint density at radius 2 is 1.93 bits per heavy atom. The summed E-state index contributed by atoms with van der Waals surface area (Å²) in [4.78, 5) is 28.2. The first-order valence-corrected chi connectivity index (χ1v) is 9.47. The van der Waals surface area contributed by atoms with E-state index in [1.807, 2.05) is 60.0 Å². The predicted octanol–water partition coefficient (Wildman–Crippen LogP) is 3.59. The number of aromatic nitrogens is 3. The fourth-order valence-electron chi connectivity index (χ4n) is 2.98. The van der Waals surface area contributed by atoms with Crippen molar-refractivity contribution >= 4 is 34.0 Å². The molecule has 2 aromatic heterocycles. The van der Waals surface area contributed by atoms with E-state index in [4.69, 9.17) is 0 Å². The van der Waals surface area contributed by atoms with Gasteiger partial charge in [0.15, 0.2) is 0 Å². The van der Waals surface area contributed by atoms with Gasteiger partial charge in [0.25, 0.3) is 0 Å². The van der Waals surface area contributed by atoms with E-state index in [0.717, 1.165) is 39.4 Å². The van der Waals surface area contributed by atoms with Crippen molar-refractivity contribution in [1.82, 2.24) is 14.1 Å². The first-order valence-electron chi connectivity index (χ1n) is 8.59. The van der Waals surface area contributed by atoms with Gasteiger partial charge in [0.1, 0.15) is 6.33 Å². The maximum absolute atomic E-state index is 12.2. The molecule has 0 fully saturated rings. The number of hydrogen-bond donors (Lipinski definition) is 1. The quantitative estimate of drug-likeness (QED) is 0.577. The van der Waals surface area contributed by atoms with Gasteiger partial charge in [0, 0.05) is 35.4 Å². The van der Waals surface area contributed by atoms with Gasteiger partial charge in [-0.2, -0.15) is 0 Å². The lowest BCUT2D eigenvalue weighted by atomic mass is 10.2. The van der Waals surface area contributed by atoms with Gasteiger partial charge in [-0.05, 0) is 43.3 Å². The minimum atomic E-state index is -0.117. The highest BCUT2D eigenvalue weighted by Crippen LogP contribution is 2.19. The number of para-hydroxylation sites is 2. The van der Waals surface area contributed by atoms with Gasteiger partial charge in [-0.15, -0.1) is 0 Å². The molecule has 0 saturated carbocycles. The maximum Gasteiger partial charge on any atom is 0.307 e. The molecule has 0 spiro atoms. The third-order valence-corrected chi connectivity index (χ3v) is 5.30. The van der Waals surface area contributed by atoms with Gasteiger partial charge in [0.05, 0.1) is 11.0 Å². The summed E-state index contributed by atoms with van der Waals surface area (Å²) in [6.45, 7) is 2.26. The van der Waals surface area contributed by atoms with Gasteiger partial charge >= 0.3 is 4.87 Å². The van der Waals surface area contributed by atoms with Crippen molar-refractivity contribution in [3.8, 4) is 5.69 Å². The van der Waals surface area contributed by atoms with E-state index >= 15 is 0 Å². The molecule has 4 aromatic rings. The largest absolute Gasteiger partial charge is 0.326 e. The average molecular weight is 378 g/mol. The van der Waals surface area contributed by atoms with Crippen LogP contribution in [0.5, 0.6) is 0 Å². The standard InChI is InChI=1S/C20H18N4O2S/c1-14-12-27-20(26)23(14)11-10-19(25)22-15-6-8-16(9-7-15)24-13-21-17-4-2-3-5-18(17)24/h2-9,12-13H,10-11H2,1H3,(H,22,25). The van der Waals surface area contributed by atoms with Gasteiger partial charge in [0.2, 0.25) is 5.91 Å². The molecule has 0 radical (unpaired) electrons. The van der Waals surface area contributed by atoms with E-state index in [9.17, 15) is 9.59 Å². The van der Waals surface area contributed by atoms with Crippen molar-refractivity contribution in [3.63, 3.8) is 0 Å². The smallest absolute Gasteiger partial charge is 0.307 e. The van der Waals surface area contributed by atoms with E-state index in [-0.39, 0.29) is 17.2 Å². The molecule has 136 valence electrons. The van der Waals surface area contributed by atoms with Crippen LogP contribution in [-0.2, 0) is 11.3 Å². The summed E-state index contributed by atoms with van der Waals surface area (Å²) in [5.74, 6) is -0.117. The van der Waals surface area contributed by atoms with Crippen LogP contribution in [0.3, 0.4) is 0 Å². The highest BCUT2D eigenvalue weighted by atomic mass is 32.1. The number of nitrogens with zero attached hydrogens (tertiary/aromatic N) is 3. The van der Waals surface area contributed by atoms with Crippen molar-refractivity contribution in [1.29, 1.82) is 0 Å². The van der Waals surface area contributed by atoms with Crippen LogP contribution in [0.2, 0.25) is 0 Å². The summed E-state index contributed by atoms with van der Waals surface area (Å²) in [6.07, 6.45) is 2.05. The number of fused-ring (bicyclic) bond motifs is 1. The maximum atomic E-state index is 12.2. The molecule has 0 aliphatic heterocycles. The molecule has 0 unspecified atom stereocenters. The molecule has 0 aliphatic carbocycles. The number of imidazole rings is 1. The third-order valence-electron chi connectivity index (χ3n) is 4.42. The normalized spacial score (nSPS) is 11.0. The number of aryl methyl sites for hydroxylation is 1. The molecule has 0 aliphatic rings. The number of benzene rings is 2.